The van der Waals surface area contributed by atoms with Crippen LogP contribution in [-0.4, -0.2) is 57.8 Å². The predicted octanol–water partition coefficient (Wildman–Crippen LogP) is 3.14. The van der Waals surface area contributed by atoms with E-state index in [1.54, 1.807) is 69.4 Å². The summed E-state index contributed by atoms with van der Waals surface area (Å²) in [7, 11) is 0. The molecular formula is C27H30N4O7. The Morgan fingerprint density at radius 2 is 1.89 bits per heavy atom. The second-order valence-corrected chi connectivity index (χ2v) is 10.2. The van der Waals surface area contributed by atoms with Gasteiger partial charge in [-0.15, -0.1) is 0 Å². The molecule has 0 bridgehead atoms. The van der Waals surface area contributed by atoms with Crippen molar-refractivity contribution in [2.24, 2.45) is 11.3 Å². The number of aromatic nitrogens is 1. The number of esters is 2. The van der Waals surface area contributed by atoms with Crippen molar-refractivity contribution in [1.82, 2.24) is 9.88 Å². The van der Waals surface area contributed by atoms with Crippen LogP contribution in [0.4, 0.5) is 16.3 Å². The van der Waals surface area contributed by atoms with Gasteiger partial charge >= 0.3 is 18.0 Å². The lowest BCUT2D eigenvalue weighted by Gasteiger charge is -2.44. The molecule has 2 aliphatic rings. The predicted molar refractivity (Wildman–Crippen MR) is 137 cm³/mol. The normalized spacial score (nSPS) is 19.3. The third-order valence-electron chi connectivity index (χ3n) is 6.29. The molecule has 3 amide bonds. The average Bonchev–Trinajstić information content (AvgIpc) is 3.19. The molecule has 3 N–H and O–H groups in total. The minimum atomic E-state index is -0.892. The smallest absolute Gasteiger partial charge is 0.358 e. The fourth-order valence-corrected chi connectivity index (χ4v) is 4.44. The molecule has 1 aromatic heterocycles. The summed E-state index contributed by atoms with van der Waals surface area (Å²) in [5.41, 5.74) is 0.809. The van der Waals surface area contributed by atoms with E-state index < -0.39 is 48.2 Å². The zero-order chi connectivity index (χ0) is 27.6. The summed E-state index contributed by atoms with van der Waals surface area (Å²) in [4.78, 5) is 55.8. The third-order valence-corrected chi connectivity index (χ3v) is 6.29. The summed E-state index contributed by atoms with van der Waals surface area (Å²) in [6, 6.07) is 11.0. The van der Waals surface area contributed by atoms with Crippen LogP contribution in [0.1, 0.15) is 39.7 Å². The van der Waals surface area contributed by atoms with Crippen molar-refractivity contribution in [3.63, 3.8) is 0 Å². The van der Waals surface area contributed by atoms with E-state index in [-0.39, 0.29) is 11.6 Å². The molecule has 38 heavy (non-hydrogen) atoms. The molecule has 0 spiro atoms. The van der Waals surface area contributed by atoms with Crippen LogP contribution in [0, 0.1) is 11.3 Å². The van der Waals surface area contributed by atoms with Crippen LogP contribution in [0.2, 0.25) is 0 Å². The highest BCUT2D eigenvalue weighted by molar-refractivity contribution is 6.07. The van der Waals surface area contributed by atoms with Gasteiger partial charge in [-0.05, 0) is 69.5 Å². The lowest BCUT2D eigenvalue weighted by atomic mass is 9.82. The summed E-state index contributed by atoms with van der Waals surface area (Å²) in [6.45, 7) is 5.95. The second-order valence-electron chi connectivity index (χ2n) is 10.2. The third kappa shape index (κ3) is 5.52. The minimum absolute atomic E-state index is 0.0267. The van der Waals surface area contributed by atoms with E-state index in [2.05, 4.69) is 15.6 Å². The average molecular weight is 523 g/mol. The van der Waals surface area contributed by atoms with E-state index in [1.807, 2.05) is 0 Å². The van der Waals surface area contributed by atoms with Crippen molar-refractivity contribution in [2.75, 3.05) is 17.4 Å². The molecule has 0 saturated carbocycles. The van der Waals surface area contributed by atoms with Crippen LogP contribution in [0.15, 0.2) is 54.4 Å². The number of pyridine rings is 1. The molecule has 1 aromatic carbocycles. The number of benzene rings is 1. The van der Waals surface area contributed by atoms with Crippen LogP contribution in [0.5, 0.6) is 0 Å². The maximum Gasteiger partial charge on any atom is 0.358 e. The molecule has 0 unspecified atom stereocenters. The minimum Gasteiger partial charge on any atom is -0.427 e. The number of hydrogen-bond acceptors (Lipinski definition) is 8. The molecule has 2 aliphatic heterocycles. The molecule has 0 radical (unpaired) electrons. The van der Waals surface area contributed by atoms with E-state index in [0.29, 0.717) is 29.1 Å². The van der Waals surface area contributed by atoms with Gasteiger partial charge < -0.3 is 24.8 Å². The quantitative estimate of drug-likeness (QED) is 0.285. The summed E-state index contributed by atoms with van der Waals surface area (Å²) in [5.74, 6) is -2.03. The monoisotopic (exact) mass is 522 g/mol. The van der Waals surface area contributed by atoms with Crippen LogP contribution in [0.25, 0.3) is 5.57 Å². The lowest BCUT2D eigenvalue weighted by Crippen LogP contribution is -2.61. The van der Waals surface area contributed by atoms with Gasteiger partial charge in [-0.3, -0.25) is 14.9 Å². The SMILES string of the molecule is C[C@@H](O)[C@H]1C(=O)N2C(C(=O)OCOC(=O)C(C)(C)C)=C(c3cccc(NC(=O)Nc4ccccn4)c3)C[C@H]12. The Kier molecular flexibility index (Phi) is 7.49. The van der Waals surface area contributed by atoms with E-state index in [1.165, 1.54) is 11.8 Å². The summed E-state index contributed by atoms with van der Waals surface area (Å²) in [5, 5.41) is 15.5. The van der Waals surface area contributed by atoms with Crippen molar-refractivity contribution in [1.29, 1.82) is 0 Å². The van der Waals surface area contributed by atoms with Crippen LogP contribution >= 0.6 is 0 Å². The number of anilines is 2. The molecular weight excluding hydrogens is 492 g/mol. The van der Waals surface area contributed by atoms with Crippen molar-refractivity contribution in [3.8, 4) is 0 Å². The Labute approximate surface area is 219 Å². The van der Waals surface area contributed by atoms with Crippen LogP contribution in [-0.2, 0) is 23.9 Å². The zero-order valence-corrected chi connectivity index (χ0v) is 21.6. The van der Waals surface area contributed by atoms with Gasteiger partial charge in [0.1, 0.15) is 11.5 Å². The number of carbonyl (C=O) groups excluding carboxylic acids is 4. The first-order chi connectivity index (χ1) is 18.0. The van der Waals surface area contributed by atoms with E-state index >= 15 is 0 Å². The molecule has 11 nitrogen and oxygen atoms in total. The van der Waals surface area contributed by atoms with Crippen molar-refractivity contribution < 1.29 is 33.8 Å². The van der Waals surface area contributed by atoms with Gasteiger partial charge in [0.15, 0.2) is 0 Å². The Hall–Kier alpha value is -4.25. The number of aliphatic hydroxyl groups is 1. The van der Waals surface area contributed by atoms with E-state index in [9.17, 15) is 24.3 Å². The molecule has 1 saturated heterocycles. The first kappa shape index (κ1) is 26.8. The molecule has 0 aliphatic carbocycles. The highest BCUT2D eigenvalue weighted by Crippen LogP contribution is 2.47. The number of rotatable bonds is 7. The molecule has 3 atom stereocenters. The van der Waals surface area contributed by atoms with Crippen molar-refractivity contribution in [3.05, 3.63) is 59.9 Å². The van der Waals surface area contributed by atoms with Crippen molar-refractivity contribution in [2.45, 2.75) is 46.3 Å². The fraction of sp³-hybridized carbons (Fsp3) is 0.370. The Morgan fingerprint density at radius 1 is 1.13 bits per heavy atom. The summed E-state index contributed by atoms with van der Waals surface area (Å²) in [6.07, 6.45) is 0.965. The molecule has 3 heterocycles. The topological polar surface area (TPSA) is 147 Å². The van der Waals surface area contributed by atoms with Crippen molar-refractivity contribution >= 4 is 41.0 Å². The number of hydrogen-bond donors (Lipinski definition) is 3. The molecule has 200 valence electrons. The molecule has 1 fully saturated rings. The standard InChI is InChI=1S/C27H30N4O7/c1-15(32)21-19-13-18(22(31(19)23(21)33)24(34)37-14-38-25(35)27(2,3)4)16-8-7-9-17(12-16)29-26(36)30-20-10-5-6-11-28-20/h5-12,15,19,21,32H,13-14H2,1-4H3,(H2,28,29,30,36)/t15-,19-,21-/m1/s1. The fourth-order valence-electron chi connectivity index (χ4n) is 4.44. The second kappa shape index (κ2) is 10.6. The largest absolute Gasteiger partial charge is 0.427 e. The van der Waals surface area contributed by atoms with Gasteiger partial charge in [0.2, 0.25) is 12.7 Å². The Balaban J connectivity index is 1.56. The van der Waals surface area contributed by atoms with Crippen LogP contribution < -0.4 is 10.6 Å². The van der Waals surface area contributed by atoms with Gasteiger partial charge in [-0.1, -0.05) is 18.2 Å². The lowest BCUT2D eigenvalue weighted by molar-refractivity contribution is -0.175. The molecule has 4 rings (SSSR count). The number of ether oxygens (including phenoxy) is 2. The Morgan fingerprint density at radius 3 is 2.55 bits per heavy atom. The van der Waals surface area contributed by atoms with E-state index in [0.717, 1.165) is 0 Å². The van der Waals surface area contributed by atoms with Gasteiger partial charge in [0, 0.05) is 11.9 Å². The Bertz CT molecular complexity index is 1280. The van der Waals surface area contributed by atoms with Crippen LogP contribution in [0.3, 0.4) is 0 Å². The number of amides is 3. The van der Waals surface area contributed by atoms with E-state index in [4.69, 9.17) is 9.47 Å². The highest BCUT2D eigenvalue weighted by Gasteiger charge is 2.57. The first-order valence-electron chi connectivity index (χ1n) is 12.2. The number of aliphatic hydroxyl groups excluding tert-OH is 1. The highest BCUT2D eigenvalue weighted by atomic mass is 16.7. The summed E-state index contributed by atoms with van der Waals surface area (Å²) >= 11 is 0. The van der Waals surface area contributed by atoms with Gasteiger partial charge in [-0.25, -0.2) is 14.6 Å². The molecule has 11 heteroatoms. The van der Waals surface area contributed by atoms with Gasteiger partial charge in [0.25, 0.3) is 0 Å². The number of carbonyl (C=O) groups is 4. The number of nitrogens with one attached hydrogen (secondary N) is 2. The number of nitrogens with zero attached hydrogens (tertiary/aromatic N) is 2. The first-order valence-corrected chi connectivity index (χ1v) is 12.2. The maximum absolute atomic E-state index is 13.1. The zero-order valence-electron chi connectivity index (χ0n) is 21.6. The molecule has 2 aromatic rings. The number of β-lactam (4-membered cyclic amide) rings is 1. The van der Waals surface area contributed by atoms with Gasteiger partial charge in [-0.2, -0.15) is 0 Å². The van der Waals surface area contributed by atoms with Gasteiger partial charge in [0.05, 0.1) is 23.5 Å². The number of urea groups is 1. The number of fused-ring (bicyclic) bond motifs is 1. The summed E-state index contributed by atoms with van der Waals surface area (Å²) < 4.78 is 10.3. The maximum atomic E-state index is 13.1.